The summed E-state index contributed by atoms with van der Waals surface area (Å²) in [5.74, 6) is 0.437. The maximum atomic E-state index is 12.6. The number of amides is 2. The molecule has 1 aliphatic heterocycles. The van der Waals surface area contributed by atoms with E-state index in [9.17, 15) is 9.59 Å². The van der Waals surface area contributed by atoms with Gasteiger partial charge in [0.05, 0.1) is 19.9 Å². The fourth-order valence-corrected chi connectivity index (χ4v) is 3.19. The zero-order valence-corrected chi connectivity index (χ0v) is 13.3. The number of hydrogen-bond acceptors (Lipinski definition) is 7. The Balaban J connectivity index is 1.88. The third-order valence-electron chi connectivity index (χ3n) is 3.35. The van der Waals surface area contributed by atoms with Gasteiger partial charge in [0.2, 0.25) is 11.8 Å². The van der Waals surface area contributed by atoms with E-state index in [1.54, 1.807) is 18.2 Å². The number of aromatic nitrogens is 3. The molecule has 3 rings (SSSR count). The second-order valence-corrected chi connectivity index (χ2v) is 5.93. The number of ether oxygens (including phenoxy) is 2. The van der Waals surface area contributed by atoms with Crippen molar-refractivity contribution < 1.29 is 19.1 Å². The molecule has 1 aromatic carbocycles. The fraction of sp³-hybridized carbons (Fsp3) is 0.286. The molecule has 0 saturated carbocycles. The molecule has 9 heteroatoms. The van der Waals surface area contributed by atoms with Crippen LogP contribution in [-0.4, -0.2) is 46.5 Å². The Morgan fingerprint density at radius 1 is 1.22 bits per heavy atom. The predicted molar refractivity (Wildman–Crippen MR) is 82.7 cm³/mol. The molecule has 1 aromatic heterocycles. The number of aromatic amines is 1. The van der Waals surface area contributed by atoms with Crippen LogP contribution in [0.15, 0.2) is 29.7 Å². The molecule has 23 heavy (non-hydrogen) atoms. The van der Waals surface area contributed by atoms with Crippen LogP contribution in [0, 0.1) is 0 Å². The van der Waals surface area contributed by atoms with E-state index in [2.05, 4.69) is 15.2 Å². The van der Waals surface area contributed by atoms with Crippen LogP contribution < -0.4 is 14.4 Å². The van der Waals surface area contributed by atoms with E-state index in [0.29, 0.717) is 22.3 Å². The number of nitrogens with one attached hydrogen (secondary N) is 1. The number of benzene rings is 1. The third-order valence-corrected chi connectivity index (χ3v) is 4.42. The van der Waals surface area contributed by atoms with Gasteiger partial charge in [-0.2, -0.15) is 5.10 Å². The van der Waals surface area contributed by atoms with E-state index < -0.39 is 5.25 Å². The number of hydrogen-bond donors (Lipinski definition) is 1. The Labute approximate surface area is 136 Å². The summed E-state index contributed by atoms with van der Waals surface area (Å²) < 4.78 is 10.4. The van der Waals surface area contributed by atoms with Gasteiger partial charge in [-0.25, -0.2) is 9.88 Å². The van der Waals surface area contributed by atoms with Gasteiger partial charge in [-0.15, -0.1) is 0 Å². The Hall–Kier alpha value is -2.55. The highest BCUT2D eigenvalue weighted by molar-refractivity contribution is 8.00. The molecule has 0 spiro atoms. The van der Waals surface area contributed by atoms with Crippen LogP contribution in [0.4, 0.5) is 5.69 Å². The minimum absolute atomic E-state index is 0.101. The molecule has 1 fully saturated rings. The molecular weight excluding hydrogens is 320 g/mol. The van der Waals surface area contributed by atoms with Crippen LogP contribution in [-0.2, 0) is 9.59 Å². The summed E-state index contributed by atoms with van der Waals surface area (Å²) in [6, 6.07) is 4.93. The SMILES string of the molecule is COc1cc(OC)cc(N2C(=O)C[C@@H](Sc3ncn[nH]3)C2=O)c1. The summed E-state index contributed by atoms with van der Waals surface area (Å²) in [5, 5.41) is 6.37. The van der Waals surface area contributed by atoms with Crippen molar-refractivity contribution in [2.45, 2.75) is 16.8 Å². The molecule has 0 bridgehead atoms. The molecule has 1 N–H and O–H groups in total. The highest BCUT2D eigenvalue weighted by atomic mass is 32.2. The average molecular weight is 334 g/mol. The van der Waals surface area contributed by atoms with Crippen LogP contribution in [0.25, 0.3) is 0 Å². The van der Waals surface area contributed by atoms with E-state index in [0.717, 1.165) is 4.90 Å². The van der Waals surface area contributed by atoms with Gasteiger partial charge in [0, 0.05) is 24.6 Å². The van der Waals surface area contributed by atoms with Crippen molar-refractivity contribution in [2.75, 3.05) is 19.1 Å². The van der Waals surface area contributed by atoms with Crippen molar-refractivity contribution in [1.29, 1.82) is 0 Å². The first-order valence-electron chi connectivity index (χ1n) is 6.74. The summed E-state index contributed by atoms with van der Waals surface area (Å²) >= 11 is 1.18. The second kappa shape index (κ2) is 6.29. The van der Waals surface area contributed by atoms with Gasteiger partial charge in [0.25, 0.3) is 0 Å². The lowest BCUT2D eigenvalue weighted by atomic mass is 10.2. The summed E-state index contributed by atoms with van der Waals surface area (Å²) in [4.78, 5) is 30.0. The van der Waals surface area contributed by atoms with E-state index in [1.807, 2.05) is 0 Å². The van der Waals surface area contributed by atoms with Gasteiger partial charge in [-0.3, -0.25) is 14.7 Å². The van der Waals surface area contributed by atoms with Crippen molar-refractivity contribution in [1.82, 2.24) is 15.2 Å². The first-order valence-corrected chi connectivity index (χ1v) is 7.62. The highest BCUT2D eigenvalue weighted by Crippen LogP contribution is 2.35. The van der Waals surface area contributed by atoms with Gasteiger partial charge in [-0.05, 0) is 0 Å². The number of H-pyrrole nitrogens is 1. The zero-order valence-electron chi connectivity index (χ0n) is 12.5. The maximum Gasteiger partial charge on any atom is 0.247 e. The average Bonchev–Trinajstić information content (AvgIpc) is 3.15. The van der Waals surface area contributed by atoms with E-state index in [-0.39, 0.29) is 18.2 Å². The summed E-state index contributed by atoms with van der Waals surface area (Å²) in [5.41, 5.74) is 0.428. The smallest absolute Gasteiger partial charge is 0.247 e. The summed E-state index contributed by atoms with van der Waals surface area (Å²) in [6.45, 7) is 0. The molecule has 2 heterocycles. The topological polar surface area (TPSA) is 97.4 Å². The van der Waals surface area contributed by atoms with Gasteiger partial charge >= 0.3 is 0 Å². The Bertz CT molecular complexity index is 712. The van der Waals surface area contributed by atoms with Gasteiger partial charge in [0.15, 0.2) is 5.16 Å². The van der Waals surface area contributed by atoms with Crippen molar-refractivity contribution >= 4 is 29.3 Å². The Morgan fingerprint density at radius 3 is 2.48 bits per heavy atom. The van der Waals surface area contributed by atoms with Crippen molar-refractivity contribution in [3.63, 3.8) is 0 Å². The molecule has 8 nitrogen and oxygen atoms in total. The number of methoxy groups -OCH3 is 2. The first-order chi connectivity index (χ1) is 11.1. The third kappa shape index (κ3) is 3.00. The second-order valence-electron chi connectivity index (χ2n) is 4.74. The van der Waals surface area contributed by atoms with Crippen LogP contribution in [0.3, 0.4) is 0 Å². The predicted octanol–water partition coefficient (Wildman–Crippen LogP) is 1.25. The molecule has 1 atom stereocenters. The van der Waals surface area contributed by atoms with Gasteiger partial charge in [-0.1, -0.05) is 11.8 Å². The highest BCUT2D eigenvalue weighted by Gasteiger charge is 2.41. The van der Waals surface area contributed by atoms with Crippen LogP contribution in [0.1, 0.15) is 6.42 Å². The quantitative estimate of drug-likeness (QED) is 0.822. The van der Waals surface area contributed by atoms with Crippen LogP contribution >= 0.6 is 11.8 Å². The van der Waals surface area contributed by atoms with E-state index in [1.165, 1.54) is 32.3 Å². The van der Waals surface area contributed by atoms with E-state index >= 15 is 0 Å². The molecule has 2 amide bonds. The van der Waals surface area contributed by atoms with Crippen LogP contribution in [0.2, 0.25) is 0 Å². The largest absolute Gasteiger partial charge is 0.497 e. The lowest BCUT2D eigenvalue weighted by Crippen LogP contribution is -2.31. The van der Waals surface area contributed by atoms with Gasteiger partial charge in [0.1, 0.15) is 23.1 Å². The monoisotopic (exact) mass is 334 g/mol. The fourth-order valence-electron chi connectivity index (χ4n) is 2.27. The van der Waals surface area contributed by atoms with Crippen LogP contribution in [0.5, 0.6) is 11.5 Å². The minimum Gasteiger partial charge on any atom is -0.497 e. The summed E-state index contributed by atoms with van der Waals surface area (Å²) in [7, 11) is 3.02. The number of anilines is 1. The van der Waals surface area contributed by atoms with Crippen molar-refractivity contribution in [3.05, 3.63) is 24.5 Å². The lowest BCUT2D eigenvalue weighted by molar-refractivity contribution is -0.121. The number of imide groups is 1. The molecule has 120 valence electrons. The zero-order chi connectivity index (χ0) is 16.4. The lowest BCUT2D eigenvalue weighted by Gasteiger charge is -2.16. The normalized spacial score (nSPS) is 17.7. The van der Waals surface area contributed by atoms with Gasteiger partial charge < -0.3 is 9.47 Å². The van der Waals surface area contributed by atoms with E-state index in [4.69, 9.17) is 9.47 Å². The number of carbonyl (C=O) groups excluding carboxylic acids is 2. The Kier molecular flexibility index (Phi) is 4.20. The molecule has 0 radical (unpaired) electrons. The molecule has 0 unspecified atom stereocenters. The maximum absolute atomic E-state index is 12.6. The number of carbonyl (C=O) groups is 2. The van der Waals surface area contributed by atoms with Crippen molar-refractivity contribution in [3.8, 4) is 11.5 Å². The number of nitrogens with zero attached hydrogens (tertiary/aromatic N) is 3. The Morgan fingerprint density at radius 2 is 1.91 bits per heavy atom. The molecular formula is C14H14N4O4S. The molecule has 2 aromatic rings. The number of thioether (sulfide) groups is 1. The number of rotatable bonds is 5. The minimum atomic E-state index is -0.535. The molecule has 1 saturated heterocycles. The standard InChI is InChI=1S/C14H14N4O4S/c1-21-9-3-8(4-10(5-9)22-2)18-12(19)6-11(13(18)20)23-14-15-7-16-17-14/h3-5,7,11H,6H2,1-2H3,(H,15,16,17)/t11-/m1/s1. The molecule has 0 aliphatic carbocycles. The van der Waals surface area contributed by atoms with Crippen molar-refractivity contribution in [2.24, 2.45) is 0 Å². The molecule has 1 aliphatic rings. The summed E-state index contributed by atoms with van der Waals surface area (Å²) in [6.07, 6.45) is 1.46. The first kappa shape index (κ1) is 15.3.